The molecule has 0 saturated heterocycles. The van der Waals surface area contributed by atoms with Gasteiger partial charge in [-0.15, -0.1) is 0 Å². The molecule has 2 heteroatoms. The zero-order valence-corrected chi connectivity index (χ0v) is 9.96. The van der Waals surface area contributed by atoms with Crippen molar-refractivity contribution in [3.63, 3.8) is 0 Å². The van der Waals surface area contributed by atoms with Gasteiger partial charge in [-0.2, -0.15) is 0 Å². The monoisotopic (exact) mass is 196 g/mol. The second-order valence-corrected chi connectivity index (χ2v) is 2.38. The van der Waals surface area contributed by atoms with Gasteiger partial charge in [-0.25, -0.2) is 0 Å². The fourth-order valence-corrected chi connectivity index (χ4v) is 0.666. The lowest BCUT2D eigenvalue weighted by Gasteiger charge is -1.91. The van der Waals surface area contributed by atoms with Gasteiger partial charge in [0.15, 0.2) is 0 Å². The Morgan fingerprint density at radius 1 is 1.00 bits per heavy atom. The third kappa shape index (κ3) is 17.3. The molecule has 0 atom stereocenters. The molecule has 0 spiro atoms. The highest BCUT2D eigenvalue weighted by Crippen LogP contribution is 1.73. The molecule has 1 rings (SSSR count). The van der Waals surface area contributed by atoms with E-state index >= 15 is 0 Å². The van der Waals surface area contributed by atoms with Crippen LogP contribution in [0.5, 0.6) is 0 Å². The van der Waals surface area contributed by atoms with Crippen molar-refractivity contribution in [2.45, 2.75) is 34.1 Å². The van der Waals surface area contributed by atoms with Crippen molar-refractivity contribution >= 4 is 0 Å². The third-order valence-electron chi connectivity index (χ3n) is 1.24. The Hall–Kier alpha value is -0.890. The lowest BCUT2D eigenvalue weighted by Crippen LogP contribution is -2.12. The quantitative estimate of drug-likeness (QED) is 0.751. The second-order valence-electron chi connectivity index (χ2n) is 2.38. The largest absolute Gasteiger partial charge is 0.317 e. The van der Waals surface area contributed by atoms with Gasteiger partial charge in [0.1, 0.15) is 0 Å². The molecule has 14 heavy (non-hydrogen) atoms. The first-order chi connectivity index (χ1) is 6.91. The van der Waals surface area contributed by atoms with E-state index in [0.717, 1.165) is 13.1 Å². The first kappa shape index (κ1) is 15.6. The zero-order valence-electron chi connectivity index (χ0n) is 9.96. The summed E-state index contributed by atoms with van der Waals surface area (Å²) in [6.45, 7) is 10.6. The van der Waals surface area contributed by atoms with E-state index in [1.54, 1.807) is 12.4 Å². The highest BCUT2D eigenvalue weighted by molar-refractivity contribution is 4.88. The molecule has 1 aromatic heterocycles. The average Bonchev–Trinajstić information content (AvgIpc) is 2.32. The maximum atomic E-state index is 3.78. The topological polar surface area (TPSA) is 24.9 Å². The van der Waals surface area contributed by atoms with Crippen LogP contribution in [0.1, 0.15) is 34.1 Å². The van der Waals surface area contributed by atoms with Gasteiger partial charge in [0.25, 0.3) is 0 Å². The standard InChI is InChI=1S/C5H5N.C5H13N.C2H6/c1-2-4-6-5-3-1;1-3-5-6-4-2;1-2/h1-5H;6H,3-5H2,1-2H3;1-2H3. The Kier molecular flexibility index (Phi) is 20.0. The molecular weight excluding hydrogens is 172 g/mol. The molecule has 0 saturated carbocycles. The number of nitrogens with zero attached hydrogens (tertiary/aromatic N) is 1. The van der Waals surface area contributed by atoms with Crippen LogP contribution in [0, 0.1) is 0 Å². The van der Waals surface area contributed by atoms with Crippen molar-refractivity contribution in [2.24, 2.45) is 0 Å². The van der Waals surface area contributed by atoms with E-state index in [2.05, 4.69) is 24.1 Å². The van der Waals surface area contributed by atoms with Gasteiger partial charge in [-0.05, 0) is 31.6 Å². The highest BCUT2D eigenvalue weighted by Gasteiger charge is 1.71. The van der Waals surface area contributed by atoms with Crippen LogP contribution in [-0.2, 0) is 0 Å². The molecule has 0 aliphatic carbocycles. The molecule has 0 aromatic carbocycles. The Balaban J connectivity index is 0. The van der Waals surface area contributed by atoms with Crippen LogP contribution in [0.2, 0.25) is 0 Å². The van der Waals surface area contributed by atoms with Gasteiger partial charge in [0, 0.05) is 12.4 Å². The summed E-state index contributed by atoms with van der Waals surface area (Å²) in [6, 6.07) is 5.72. The van der Waals surface area contributed by atoms with Crippen LogP contribution in [0.3, 0.4) is 0 Å². The molecule has 1 heterocycles. The van der Waals surface area contributed by atoms with Gasteiger partial charge in [0.05, 0.1) is 0 Å². The van der Waals surface area contributed by atoms with E-state index < -0.39 is 0 Å². The minimum Gasteiger partial charge on any atom is -0.317 e. The zero-order chi connectivity index (χ0) is 11.1. The number of hydrogen-bond donors (Lipinski definition) is 1. The first-order valence-electron chi connectivity index (χ1n) is 5.47. The average molecular weight is 196 g/mol. The van der Waals surface area contributed by atoms with Crippen molar-refractivity contribution < 1.29 is 0 Å². The second kappa shape index (κ2) is 18.0. The maximum absolute atomic E-state index is 3.78. The predicted molar refractivity (Wildman–Crippen MR) is 64.4 cm³/mol. The summed E-state index contributed by atoms with van der Waals surface area (Å²) < 4.78 is 0. The minimum atomic E-state index is 1.10. The van der Waals surface area contributed by atoms with E-state index in [9.17, 15) is 0 Å². The number of pyridine rings is 1. The van der Waals surface area contributed by atoms with Crippen molar-refractivity contribution in [1.82, 2.24) is 10.3 Å². The van der Waals surface area contributed by atoms with Crippen LogP contribution in [-0.4, -0.2) is 18.1 Å². The van der Waals surface area contributed by atoms with Crippen molar-refractivity contribution in [3.8, 4) is 0 Å². The number of rotatable bonds is 3. The molecule has 0 aliphatic rings. The van der Waals surface area contributed by atoms with E-state index in [-0.39, 0.29) is 0 Å². The first-order valence-corrected chi connectivity index (χ1v) is 5.47. The molecule has 1 N–H and O–H groups in total. The van der Waals surface area contributed by atoms with Crippen LogP contribution >= 0.6 is 0 Å². The number of hydrogen-bond acceptors (Lipinski definition) is 2. The van der Waals surface area contributed by atoms with Crippen molar-refractivity contribution in [1.29, 1.82) is 0 Å². The van der Waals surface area contributed by atoms with Crippen LogP contribution in [0.4, 0.5) is 0 Å². The Labute approximate surface area is 88.8 Å². The molecule has 0 unspecified atom stereocenters. The van der Waals surface area contributed by atoms with Crippen LogP contribution < -0.4 is 5.32 Å². The smallest absolute Gasteiger partial charge is 0.0267 e. The molecule has 0 aliphatic heterocycles. The molecule has 1 aromatic rings. The van der Waals surface area contributed by atoms with Gasteiger partial charge < -0.3 is 5.32 Å². The van der Waals surface area contributed by atoms with Crippen molar-refractivity contribution in [3.05, 3.63) is 30.6 Å². The normalized spacial score (nSPS) is 7.71. The summed E-state index contributed by atoms with van der Waals surface area (Å²) in [5.74, 6) is 0. The predicted octanol–water partition coefficient (Wildman–Crippen LogP) is 3.11. The summed E-state index contributed by atoms with van der Waals surface area (Å²) in [5.41, 5.74) is 0. The summed E-state index contributed by atoms with van der Waals surface area (Å²) in [4.78, 5) is 3.78. The fraction of sp³-hybridized carbons (Fsp3) is 0.583. The molecule has 0 bridgehead atoms. The number of aromatic nitrogens is 1. The summed E-state index contributed by atoms with van der Waals surface area (Å²) in [6.07, 6.45) is 4.74. The summed E-state index contributed by atoms with van der Waals surface area (Å²) >= 11 is 0. The molecular formula is C12H24N2. The highest BCUT2D eigenvalue weighted by atomic mass is 14.8. The molecule has 82 valence electrons. The van der Waals surface area contributed by atoms with Gasteiger partial charge in [0.2, 0.25) is 0 Å². The van der Waals surface area contributed by atoms with Crippen LogP contribution in [0.15, 0.2) is 30.6 Å². The summed E-state index contributed by atoms with van der Waals surface area (Å²) in [5, 5.41) is 3.20. The maximum Gasteiger partial charge on any atom is 0.0267 e. The Bertz CT molecular complexity index is 121. The Morgan fingerprint density at radius 2 is 1.57 bits per heavy atom. The van der Waals surface area contributed by atoms with E-state index in [0.29, 0.717) is 0 Å². The van der Waals surface area contributed by atoms with Crippen molar-refractivity contribution in [2.75, 3.05) is 13.1 Å². The van der Waals surface area contributed by atoms with E-state index in [4.69, 9.17) is 0 Å². The fourth-order valence-electron chi connectivity index (χ4n) is 0.666. The summed E-state index contributed by atoms with van der Waals surface area (Å²) in [7, 11) is 0. The molecule has 0 radical (unpaired) electrons. The third-order valence-corrected chi connectivity index (χ3v) is 1.24. The van der Waals surface area contributed by atoms with E-state index in [1.165, 1.54) is 6.42 Å². The molecule has 0 amide bonds. The van der Waals surface area contributed by atoms with E-state index in [1.807, 2.05) is 32.0 Å². The van der Waals surface area contributed by atoms with Crippen LogP contribution in [0.25, 0.3) is 0 Å². The minimum absolute atomic E-state index is 1.10. The van der Waals surface area contributed by atoms with Gasteiger partial charge >= 0.3 is 0 Å². The van der Waals surface area contributed by atoms with Gasteiger partial charge in [-0.3, -0.25) is 4.98 Å². The lowest BCUT2D eigenvalue weighted by atomic mass is 10.5. The lowest BCUT2D eigenvalue weighted by molar-refractivity contribution is 0.703. The molecule has 0 fully saturated rings. The molecule has 2 nitrogen and oxygen atoms in total. The number of nitrogens with one attached hydrogen (secondary N) is 1. The SMILES string of the molecule is CC.CCCNCC.c1ccncc1. The Morgan fingerprint density at radius 3 is 1.71 bits per heavy atom. The van der Waals surface area contributed by atoms with Gasteiger partial charge in [-0.1, -0.05) is 33.8 Å².